The Bertz CT molecular complexity index is 1310. The Hall–Kier alpha value is -3.71. The number of amides is 1. The zero-order valence-electron chi connectivity index (χ0n) is 19.5. The second-order valence-corrected chi connectivity index (χ2v) is 8.21. The van der Waals surface area contributed by atoms with Gasteiger partial charge in [0.05, 0.1) is 35.8 Å². The van der Waals surface area contributed by atoms with Gasteiger partial charge in [0.25, 0.3) is 5.91 Å². The number of aryl methyl sites for hydroxylation is 2. The maximum atomic E-state index is 13.3. The number of carbonyl (C=O) groups is 1. The molecule has 8 nitrogen and oxygen atoms in total. The molecule has 1 atom stereocenters. The minimum Gasteiger partial charge on any atom is -0.497 e. The molecule has 36 heavy (non-hydrogen) atoms. The van der Waals surface area contributed by atoms with E-state index in [1.54, 1.807) is 14.0 Å². The van der Waals surface area contributed by atoms with Gasteiger partial charge in [0.1, 0.15) is 11.5 Å². The lowest BCUT2D eigenvalue weighted by atomic mass is 9.96. The maximum Gasteiger partial charge on any atom is 0.573 e. The van der Waals surface area contributed by atoms with Gasteiger partial charge >= 0.3 is 12.5 Å². The Labute approximate surface area is 201 Å². The predicted octanol–water partition coefficient (Wildman–Crippen LogP) is 4.51. The number of nitrogens with zero attached hydrogens (tertiary/aromatic N) is 5. The van der Waals surface area contributed by atoms with Crippen LogP contribution in [-0.2, 0) is 26.7 Å². The normalized spacial score (nSPS) is 16.2. The van der Waals surface area contributed by atoms with E-state index in [0.717, 1.165) is 16.8 Å². The van der Waals surface area contributed by atoms with Gasteiger partial charge in [-0.15, -0.1) is 13.2 Å². The average molecular weight is 517 g/mol. The molecule has 1 aliphatic rings. The van der Waals surface area contributed by atoms with Crippen molar-refractivity contribution in [2.45, 2.75) is 31.9 Å². The fourth-order valence-corrected chi connectivity index (χ4v) is 4.34. The Kier molecular flexibility index (Phi) is 6.17. The van der Waals surface area contributed by atoms with Crippen molar-refractivity contribution in [3.8, 4) is 22.9 Å². The highest BCUT2D eigenvalue weighted by Crippen LogP contribution is 2.39. The molecule has 0 fully saturated rings. The SMILES string of the molecule is COc1ccc(C(=O)N2CCc3c(nn(C)c3-c3cc(C(F)(F)F)nn3C)[C@@H]2C)c(OC(F)(F)F)c1. The molecule has 0 bridgehead atoms. The maximum absolute atomic E-state index is 13.3. The lowest BCUT2D eigenvalue weighted by Gasteiger charge is -2.33. The number of rotatable bonds is 4. The van der Waals surface area contributed by atoms with Crippen LogP contribution in [0.1, 0.15) is 40.3 Å². The van der Waals surface area contributed by atoms with Gasteiger partial charge in [-0.05, 0) is 31.5 Å². The van der Waals surface area contributed by atoms with Crippen LogP contribution < -0.4 is 9.47 Å². The molecule has 0 N–H and O–H groups in total. The zero-order valence-corrected chi connectivity index (χ0v) is 19.5. The summed E-state index contributed by atoms with van der Waals surface area (Å²) in [6, 6.07) is 3.74. The van der Waals surface area contributed by atoms with E-state index in [9.17, 15) is 31.1 Å². The standard InChI is InChI=1S/C22H21F6N5O3/c1-11-18-14(19(32(3)30-18)15-10-17(21(23,24)25)29-31(15)2)7-8-33(11)20(34)13-6-5-12(35-4)9-16(13)36-22(26,27)28/h5-6,9-11H,7-8H2,1-4H3/t11-/m0/s1. The number of benzene rings is 1. The molecule has 0 radical (unpaired) electrons. The number of carbonyl (C=O) groups excluding carboxylic acids is 1. The lowest BCUT2D eigenvalue weighted by molar-refractivity contribution is -0.274. The number of fused-ring (bicyclic) bond motifs is 1. The van der Waals surface area contributed by atoms with Gasteiger partial charge < -0.3 is 14.4 Å². The molecule has 0 unspecified atom stereocenters. The number of aromatic nitrogens is 4. The Balaban J connectivity index is 1.70. The molecular formula is C22H21F6N5O3. The predicted molar refractivity (Wildman–Crippen MR) is 113 cm³/mol. The topological polar surface area (TPSA) is 74.4 Å². The van der Waals surface area contributed by atoms with Gasteiger partial charge in [-0.25, -0.2) is 0 Å². The van der Waals surface area contributed by atoms with Gasteiger partial charge in [-0.1, -0.05) is 0 Å². The van der Waals surface area contributed by atoms with Gasteiger partial charge in [0.2, 0.25) is 0 Å². The van der Waals surface area contributed by atoms with E-state index < -0.39 is 35.9 Å². The van der Waals surface area contributed by atoms with E-state index in [1.807, 2.05) is 0 Å². The van der Waals surface area contributed by atoms with Crippen LogP contribution in [0.4, 0.5) is 26.3 Å². The van der Waals surface area contributed by atoms with E-state index in [4.69, 9.17) is 4.74 Å². The van der Waals surface area contributed by atoms with E-state index in [2.05, 4.69) is 14.9 Å². The van der Waals surface area contributed by atoms with Crippen molar-refractivity contribution in [2.75, 3.05) is 13.7 Å². The molecule has 4 rings (SSSR count). The minimum absolute atomic E-state index is 0.0727. The van der Waals surface area contributed by atoms with E-state index in [0.29, 0.717) is 17.0 Å². The summed E-state index contributed by atoms with van der Waals surface area (Å²) in [5.41, 5.74) is 0.302. The van der Waals surface area contributed by atoms with Crippen LogP contribution in [0.2, 0.25) is 0 Å². The third kappa shape index (κ3) is 4.58. The third-order valence-corrected chi connectivity index (χ3v) is 5.96. The summed E-state index contributed by atoms with van der Waals surface area (Å²) >= 11 is 0. The van der Waals surface area contributed by atoms with Crippen molar-refractivity contribution in [3.05, 3.63) is 46.8 Å². The largest absolute Gasteiger partial charge is 0.573 e. The van der Waals surface area contributed by atoms with Crippen LogP contribution in [0.25, 0.3) is 11.4 Å². The molecule has 0 saturated carbocycles. The van der Waals surface area contributed by atoms with Crippen LogP contribution in [0.5, 0.6) is 11.5 Å². The highest BCUT2D eigenvalue weighted by atomic mass is 19.4. The third-order valence-electron chi connectivity index (χ3n) is 5.96. The summed E-state index contributed by atoms with van der Waals surface area (Å²) < 4.78 is 90.0. The van der Waals surface area contributed by atoms with Gasteiger partial charge in [-0.3, -0.25) is 14.2 Å². The van der Waals surface area contributed by atoms with Crippen molar-refractivity contribution in [1.82, 2.24) is 24.5 Å². The molecule has 1 aromatic carbocycles. The smallest absolute Gasteiger partial charge is 0.497 e. The molecule has 0 saturated heterocycles. The van der Waals surface area contributed by atoms with Crippen LogP contribution in [0.3, 0.4) is 0 Å². The molecular weight excluding hydrogens is 496 g/mol. The van der Waals surface area contributed by atoms with E-state index in [1.165, 1.54) is 35.9 Å². The number of hydrogen-bond donors (Lipinski definition) is 0. The summed E-state index contributed by atoms with van der Waals surface area (Å²) in [7, 11) is 4.21. The fourth-order valence-electron chi connectivity index (χ4n) is 4.34. The highest BCUT2D eigenvalue weighted by molar-refractivity contribution is 5.97. The van der Waals surface area contributed by atoms with Crippen molar-refractivity contribution in [2.24, 2.45) is 14.1 Å². The number of hydrogen-bond acceptors (Lipinski definition) is 5. The number of methoxy groups -OCH3 is 1. The zero-order chi connectivity index (χ0) is 26.6. The van der Waals surface area contributed by atoms with E-state index >= 15 is 0 Å². The molecule has 0 spiro atoms. The van der Waals surface area contributed by atoms with Crippen molar-refractivity contribution in [3.63, 3.8) is 0 Å². The van der Waals surface area contributed by atoms with Gasteiger partial charge in [0, 0.05) is 32.3 Å². The van der Waals surface area contributed by atoms with Crippen molar-refractivity contribution in [1.29, 1.82) is 0 Å². The lowest BCUT2D eigenvalue weighted by Crippen LogP contribution is -2.39. The summed E-state index contributed by atoms with van der Waals surface area (Å²) in [6.07, 6.45) is -9.44. The molecule has 1 amide bonds. The second-order valence-electron chi connectivity index (χ2n) is 8.21. The second kappa shape index (κ2) is 8.75. The van der Waals surface area contributed by atoms with Crippen molar-refractivity contribution >= 4 is 5.91 Å². The van der Waals surface area contributed by atoms with Crippen LogP contribution in [0, 0.1) is 0 Å². The summed E-state index contributed by atoms with van der Waals surface area (Å²) in [5.74, 6) is -1.35. The Morgan fingerprint density at radius 1 is 1.06 bits per heavy atom. The molecule has 2 aromatic heterocycles. The molecule has 1 aliphatic heterocycles. The monoisotopic (exact) mass is 517 g/mol. The molecule has 14 heteroatoms. The Morgan fingerprint density at radius 2 is 1.75 bits per heavy atom. The summed E-state index contributed by atoms with van der Waals surface area (Å²) in [5, 5.41) is 7.98. The van der Waals surface area contributed by atoms with Crippen molar-refractivity contribution < 1.29 is 40.6 Å². The fraction of sp³-hybridized carbons (Fsp3) is 0.409. The first-order valence-corrected chi connectivity index (χ1v) is 10.6. The molecule has 0 aliphatic carbocycles. The number of ether oxygens (including phenoxy) is 2. The average Bonchev–Trinajstić information content (AvgIpc) is 3.31. The number of alkyl halides is 6. The molecule has 3 heterocycles. The van der Waals surface area contributed by atoms with Gasteiger partial charge in [-0.2, -0.15) is 23.4 Å². The first kappa shape index (κ1) is 25.4. The highest BCUT2D eigenvalue weighted by Gasteiger charge is 2.39. The van der Waals surface area contributed by atoms with E-state index in [-0.39, 0.29) is 30.0 Å². The van der Waals surface area contributed by atoms with Crippen LogP contribution >= 0.6 is 0 Å². The van der Waals surface area contributed by atoms with Gasteiger partial charge in [0.15, 0.2) is 5.69 Å². The summed E-state index contributed by atoms with van der Waals surface area (Å²) in [4.78, 5) is 14.7. The molecule has 194 valence electrons. The quantitative estimate of drug-likeness (QED) is 0.477. The minimum atomic E-state index is -5.03. The molecule has 3 aromatic rings. The first-order valence-electron chi connectivity index (χ1n) is 10.6. The van der Waals surface area contributed by atoms with Crippen LogP contribution in [0.15, 0.2) is 24.3 Å². The Morgan fingerprint density at radius 3 is 2.33 bits per heavy atom. The first-order chi connectivity index (χ1) is 16.7. The van der Waals surface area contributed by atoms with Crippen LogP contribution in [-0.4, -0.2) is 50.4 Å². The number of halogens is 6. The summed E-state index contributed by atoms with van der Waals surface area (Å²) in [6.45, 7) is 1.73.